The van der Waals surface area contributed by atoms with Gasteiger partial charge in [-0.1, -0.05) is 19.3 Å². The van der Waals surface area contributed by atoms with Gasteiger partial charge in [-0.3, -0.25) is 14.3 Å². The first-order chi connectivity index (χ1) is 11.2. The highest BCUT2D eigenvalue weighted by Crippen LogP contribution is 2.37. The quantitative estimate of drug-likeness (QED) is 0.781. The molecule has 2 aliphatic rings. The lowest BCUT2D eigenvalue weighted by Gasteiger charge is -2.21. The van der Waals surface area contributed by atoms with Crippen molar-refractivity contribution >= 4 is 11.8 Å². The van der Waals surface area contributed by atoms with E-state index >= 15 is 0 Å². The number of rotatable bonds is 5. The van der Waals surface area contributed by atoms with Crippen LogP contribution in [0, 0.1) is 0 Å². The van der Waals surface area contributed by atoms with Crippen molar-refractivity contribution in [2.24, 2.45) is 0 Å². The number of hydrogen-bond acceptors (Lipinski definition) is 4. The van der Waals surface area contributed by atoms with Crippen LogP contribution in [-0.4, -0.2) is 28.1 Å². The maximum atomic E-state index is 12.5. The highest BCUT2D eigenvalue weighted by Gasteiger charge is 2.31. The number of aryl methyl sites for hydroxylation is 1. The van der Waals surface area contributed by atoms with E-state index in [1.165, 1.54) is 19.3 Å². The van der Waals surface area contributed by atoms with Crippen molar-refractivity contribution in [2.45, 2.75) is 77.2 Å². The zero-order valence-electron chi connectivity index (χ0n) is 14.0. The van der Waals surface area contributed by atoms with Gasteiger partial charge in [-0.15, -0.1) is 0 Å². The van der Waals surface area contributed by atoms with Gasteiger partial charge in [-0.2, -0.15) is 5.10 Å². The molecule has 0 atom stereocenters. The Morgan fingerprint density at radius 2 is 2.00 bits per heavy atom. The second-order valence-electron chi connectivity index (χ2n) is 6.60. The summed E-state index contributed by atoms with van der Waals surface area (Å²) in [6, 6.07) is 0. The Bertz CT molecular complexity index is 585. The second-order valence-corrected chi connectivity index (χ2v) is 6.60. The molecule has 126 valence electrons. The van der Waals surface area contributed by atoms with Gasteiger partial charge >= 0.3 is 5.97 Å². The average Bonchev–Trinajstić information content (AvgIpc) is 2.94. The van der Waals surface area contributed by atoms with E-state index in [-0.39, 0.29) is 11.8 Å². The van der Waals surface area contributed by atoms with Gasteiger partial charge in [0.2, 0.25) is 0 Å². The molecule has 5 nitrogen and oxygen atoms in total. The van der Waals surface area contributed by atoms with Crippen LogP contribution in [0.5, 0.6) is 0 Å². The van der Waals surface area contributed by atoms with E-state index in [1.54, 1.807) is 0 Å². The maximum absolute atomic E-state index is 12.5. The fourth-order valence-electron chi connectivity index (χ4n) is 3.89. The molecule has 0 bridgehead atoms. The topological polar surface area (TPSA) is 61.2 Å². The van der Waals surface area contributed by atoms with Crippen LogP contribution in [0.3, 0.4) is 0 Å². The third-order valence-electron chi connectivity index (χ3n) is 5.01. The Morgan fingerprint density at radius 3 is 2.74 bits per heavy atom. The summed E-state index contributed by atoms with van der Waals surface area (Å²) in [7, 11) is 0. The molecule has 0 aliphatic heterocycles. The Labute approximate surface area is 137 Å². The molecule has 1 fully saturated rings. The number of esters is 1. The molecule has 0 amide bonds. The van der Waals surface area contributed by atoms with Crippen LogP contribution in [0.2, 0.25) is 0 Å². The fourth-order valence-corrected chi connectivity index (χ4v) is 3.89. The molecular formula is C18H26N2O3. The largest absolute Gasteiger partial charge is 0.466 e. The van der Waals surface area contributed by atoms with E-state index < -0.39 is 0 Å². The van der Waals surface area contributed by atoms with Gasteiger partial charge in [0.05, 0.1) is 30.8 Å². The molecule has 1 aromatic rings. The van der Waals surface area contributed by atoms with Gasteiger partial charge in [0, 0.05) is 18.0 Å². The Morgan fingerprint density at radius 1 is 1.22 bits per heavy atom. The van der Waals surface area contributed by atoms with Crippen molar-refractivity contribution < 1.29 is 14.3 Å². The molecule has 0 N–H and O–H groups in total. The van der Waals surface area contributed by atoms with Crippen molar-refractivity contribution in [3.8, 4) is 0 Å². The summed E-state index contributed by atoms with van der Waals surface area (Å²) in [6.07, 6.45) is 8.74. The maximum Gasteiger partial charge on any atom is 0.307 e. The van der Waals surface area contributed by atoms with Crippen molar-refractivity contribution in [2.75, 3.05) is 6.61 Å². The zero-order chi connectivity index (χ0) is 16.2. The van der Waals surface area contributed by atoms with Crippen molar-refractivity contribution in [1.82, 2.24) is 9.78 Å². The number of carbonyl (C=O) groups excluding carboxylic acids is 2. The zero-order valence-corrected chi connectivity index (χ0v) is 14.0. The van der Waals surface area contributed by atoms with Crippen LogP contribution in [0.25, 0.3) is 0 Å². The van der Waals surface area contributed by atoms with E-state index in [0.717, 1.165) is 42.6 Å². The molecular weight excluding hydrogens is 292 g/mol. The van der Waals surface area contributed by atoms with E-state index in [9.17, 15) is 9.59 Å². The third kappa shape index (κ3) is 3.48. The van der Waals surface area contributed by atoms with Gasteiger partial charge in [0.1, 0.15) is 0 Å². The predicted octanol–water partition coefficient (Wildman–Crippen LogP) is 3.40. The summed E-state index contributed by atoms with van der Waals surface area (Å²) in [5.41, 5.74) is 2.94. The summed E-state index contributed by atoms with van der Waals surface area (Å²) in [4.78, 5) is 24.1. The SMILES string of the molecule is CCOC(=O)CCn1nc(C2CCCCC2)c2c1CCCC2=O. The van der Waals surface area contributed by atoms with E-state index in [4.69, 9.17) is 9.84 Å². The lowest BCUT2D eigenvalue weighted by molar-refractivity contribution is -0.143. The lowest BCUT2D eigenvalue weighted by atomic mass is 9.82. The predicted molar refractivity (Wildman–Crippen MR) is 86.6 cm³/mol. The number of ether oxygens (including phenoxy) is 1. The highest BCUT2D eigenvalue weighted by atomic mass is 16.5. The molecule has 0 aromatic carbocycles. The monoisotopic (exact) mass is 318 g/mol. The number of aromatic nitrogens is 2. The second kappa shape index (κ2) is 7.28. The molecule has 1 aromatic heterocycles. The summed E-state index contributed by atoms with van der Waals surface area (Å²) in [5, 5.41) is 4.79. The third-order valence-corrected chi connectivity index (χ3v) is 5.01. The number of fused-ring (bicyclic) bond motifs is 1. The van der Waals surface area contributed by atoms with Crippen molar-refractivity contribution in [3.63, 3.8) is 0 Å². The van der Waals surface area contributed by atoms with Gasteiger partial charge in [0.25, 0.3) is 0 Å². The minimum absolute atomic E-state index is 0.196. The normalized spacial score (nSPS) is 18.7. The highest BCUT2D eigenvalue weighted by molar-refractivity contribution is 5.99. The Balaban J connectivity index is 1.84. The Kier molecular flexibility index (Phi) is 5.13. The van der Waals surface area contributed by atoms with Crippen molar-refractivity contribution in [3.05, 3.63) is 17.0 Å². The molecule has 1 saturated carbocycles. The van der Waals surface area contributed by atoms with Crippen LogP contribution in [0.15, 0.2) is 0 Å². The first-order valence-corrected chi connectivity index (χ1v) is 8.99. The summed E-state index contributed by atoms with van der Waals surface area (Å²) < 4.78 is 6.91. The number of ketones is 1. The molecule has 5 heteroatoms. The summed E-state index contributed by atoms with van der Waals surface area (Å²) in [6.45, 7) is 2.73. The first kappa shape index (κ1) is 16.2. The number of hydrogen-bond donors (Lipinski definition) is 0. The molecule has 2 aliphatic carbocycles. The van der Waals surface area contributed by atoms with Crippen LogP contribution in [0.4, 0.5) is 0 Å². The molecule has 3 rings (SSSR count). The standard InChI is InChI=1S/C18H26N2O3/c1-2-23-16(22)11-12-20-14-9-6-10-15(21)17(14)18(19-20)13-7-4-3-5-8-13/h13H,2-12H2,1H3. The Hall–Kier alpha value is -1.65. The minimum atomic E-state index is -0.196. The molecule has 1 heterocycles. The van der Waals surface area contributed by atoms with Crippen LogP contribution >= 0.6 is 0 Å². The van der Waals surface area contributed by atoms with Gasteiger partial charge in [-0.05, 0) is 32.6 Å². The van der Waals surface area contributed by atoms with Gasteiger partial charge in [0.15, 0.2) is 5.78 Å². The summed E-state index contributed by atoms with van der Waals surface area (Å²) in [5.74, 6) is 0.468. The fraction of sp³-hybridized carbons (Fsp3) is 0.722. The first-order valence-electron chi connectivity index (χ1n) is 8.99. The van der Waals surface area contributed by atoms with Gasteiger partial charge < -0.3 is 4.74 Å². The number of nitrogens with zero attached hydrogens (tertiary/aromatic N) is 2. The van der Waals surface area contributed by atoms with E-state index in [0.29, 0.717) is 31.9 Å². The number of Topliss-reactive ketones (excluding diaryl/α,β-unsaturated/α-hetero) is 1. The molecule has 23 heavy (non-hydrogen) atoms. The van der Waals surface area contributed by atoms with Gasteiger partial charge in [-0.25, -0.2) is 0 Å². The number of carbonyl (C=O) groups is 2. The smallest absolute Gasteiger partial charge is 0.307 e. The van der Waals surface area contributed by atoms with Crippen LogP contribution in [-0.2, 0) is 22.5 Å². The van der Waals surface area contributed by atoms with Crippen molar-refractivity contribution in [1.29, 1.82) is 0 Å². The van der Waals surface area contributed by atoms with E-state index in [1.807, 2.05) is 11.6 Å². The molecule has 0 unspecified atom stereocenters. The molecule has 0 spiro atoms. The summed E-state index contributed by atoms with van der Waals surface area (Å²) >= 11 is 0. The molecule has 0 radical (unpaired) electrons. The van der Waals surface area contributed by atoms with Crippen LogP contribution in [0.1, 0.15) is 86.0 Å². The van der Waals surface area contributed by atoms with E-state index in [2.05, 4.69) is 0 Å². The lowest BCUT2D eigenvalue weighted by Crippen LogP contribution is -2.16. The average molecular weight is 318 g/mol. The molecule has 0 saturated heterocycles. The minimum Gasteiger partial charge on any atom is -0.466 e. The van der Waals surface area contributed by atoms with Crippen LogP contribution < -0.4 is 0 Å².